The first kappa shape index (κ1) is 53.6. The molecule has 6 aromatic rings. The zero-order valence-corrected chi connectivity index (χ0v) is 44.9. The van der Waals surface area contributed by atoms with E-state index in [1.165, 1.54) is 11.0 Å². The van der Waals surface area contributed by atoms with Crippen molar-refractivity contribution in [3.8, 4) is 10.4 Å². The molecule has 3 aromatic carbocycles. The van der Waals surface area contributed by atoms with Crippen molar-refractivity contribution >= 4 is 75.1 Å². The van der Waals surface area contributed by atoms with E-state index in [9.17, 15) is 24.3 Å². The van der Waals surface area contributed by atoms with Crippen molar-refractivity contribution in [1.82, 2.24) is 49.8 Å². The molecule has 5 N–H and O–H groups in total. The lowest BCUT2D eigenvalue weighted by atomic mass is 9.85. The van der Waals surface area contributed by atoms with Crippen molar-refractivity contribution in [3.63, 3.8) is 0 Å². The van der Waals surface area contributed by atoms with Gasteiger partial charge in [-0.3, -0.25) is 28.6 Å². The number of unbranched alkanes of at least 4 members (excludes halogenated alkanes) is 3. The molecule has 18 nitrogen and oxygen atoms in total. The zero-order chi connectivity index (χ0) is 53.3. The van der Waals surface area contributed by atoms with Gasteiger partial charge in [0.2, 0.25) is 35.5 Å². The molecule has 0 aliphatic carbocycles. The molecule has 4 amide bonds. The van der Waals surface area contributed by atoms with Crippen LogP contribution in [0.15, 0.2) is 103 Å². The van der Waals surface area contributed by atoms with Gasteiger partial charge in [-0.15, -0.1) is 11.3 Å². The van der Waals surface area contributed by atoms with Crippen LogP contribution in [0.25, 0.3) is 21.6 Å². The van der Waals surface area contributed by atoms with Gasteiger partial charge >= 0.3 is 0 Å². The number of carbonyl (C=O) groups is 4. The average Bonchev–Trinajstić information content (AvgIpc) is 4.26. The van der Waals surface area contributed by atoms with Gasteiger partial charge in [0, 0.05) is 82.3 Å². The van der Waals surface area contributed by atoms with Crippen LogP contribution in [0.1, 0.15) is 83.0 Å². The molecule has 6 heterocycles. The van der Waals surface area contributed by atoms with Gasteiger partial charge in [0.25, 0.3) is 0 Å². The Balaban J connectivity index is 0.694. The lowest BCUT2D eigenvalue weighted by Crippen LogP contribution is -2.57. The summed E-state index contributed by atoms with van der Waals surface area (Å²) in [4.78, 5) is 81.5. The first-order chi connectivity index (χ1) is 36.7. The number of imidazole rings is 1. The van der Waals surface area contributed by atoms with Crippen molar-refractivity contribution in [2.24, 2.45) is 5.41 Å². The molecule has 0 radical (unpaired) electrons. The number of β-amino-alcohol motifs (C(OH)–C–C–N with tert-alkyl or cyclic N) is 1. The van der Waals surface area contributed by atoms with Crippen LogP contribution in [0.5, 0.6) is 0 Å². The van der Waals surface area contributed by atoms with Gasteiger partial charge in [-0.25, -0.2) is 15.0 Å². The molecule has 3 aromatic heterocycles. The van der Waals surface area contributed by atoms with E-state index in [0.29, 0.717) is 49.0 Å². The maximum absolute atomic E-state index is 14.1. The number of nitrogens with zero attached hydrogens (tertiary/aromatic N) is 9. The van der Waals surface area contributed by atoms with E-state index in [4.69, 9.17) is 9.97 Å². The maximum Gasteiger partial charge on any atom is 0.246 e. The summed E-state index contributed by atoms with van der Waals surface area (Å²) in [6.07, 6.45) is 7.13. The molecule has 4 atom stereocenters. The molecule has 19 heteroatoms. The average molecular weight is 1050 g/mol. The lowest BCUT2D eigenvalue weighted by Gasteiger charge is -2.36. The fourth-order valence-corrected chi connectivity index (χ4v) is 11.2. The van der Waals surface area contributed by atoms with Gasteiger partial charge in [0.05, 0.1) is 34.4 Å². The van der Waals surface area contributed by atoms with Gasteiger partial charge < -0.3 is 41.1 Å². The van der Waals surface area contributed by atoms with Crippen molar-refractivity contribution in [2.75, 3.05) is 67.9 Å². The number of fused-ring (bicyclic) bond motifs is 1. The summed E-state index contributed by atoms with van der Waals surface area (Å²) in [6.45, 7) is 17.6. The zero-order valence-electron chi connectivity index (χ0n) is 44.1. The van der Waals surface area contributed by atoms with Crippen LogP contribution in [0.2, 0.25) is 0 Å². The predicted molar refractivity (Wildman–Crippen MR) is 299 cm³/mol. The first-order valence-corrected chi connectivity index (χ1v) is 27.5. The second-order valence-electron chi connectivity index (χ2n) is 21.2. The molecule has 0 saturated carbocycles. The fraction of sp³-hybridized carbons (Fsp3) is 0.439. The van der Waals surface area contributed by atoms with Gasteiger partial charge in [0.1, 0.15) is 17.6 Å². The standard InChI is InChI=1S/C57H71N13O5S/c1-6-49(73)68-27-25-44(35-68)70-52-46(63-56(70)62-41-14-10-9-11-15-41)34-59-55(65-52)61-42-21-23-43(24-22-42)67-30-28-66(29-31-67)26-13-8-7-12-16-48(72)64-51(57(3,4)5)54(75)69-36-45(71)32-47(69)53(74)58-33-39-17-19-40(20-18-39)50-38(2)60-37-76-50/h6,9-11,14-15,17-24,34,37,44-45,47,51,71H,1,7-8,12-13,16,25-33,35-36H2,2-5H3,(H,58,74)(H,62,63)(H,64,72)(H,59,61,65)/t44-,45+,47-,51+/m0/s1. The number of rotatable bonds is 20. The smallest absolute Gasteiger partial charge is 0.246 e. The largest absolute Gasteiger partial charge is 0.391 e. The van der Waals surface area contributed by atoms with Gasteiger partial charge in [-0.05, 0) is 91.7 Å². The minimum atomic E-state index is -0.852. The van der Waals surface area contributed by atoms with Crippen LogP contribution in [0, 0.1) is 12.3 Å². The summed E-state index contributed by atoms with van der Waals surface area (Å²) in [5.74, 6) is 0.143. The summed E-state index contributed by atoms with van der Waals surface area (Å²) in [7, 11) is 0. The Hall–Kier alpha value is -7.22. The number of aliphatic hydroxyl groups excluding tert-OH is 1. The molecule has 3 saturated heterocycles. The second-order valence-corrected chi connectivity index (χ2v) is 22.1. The summed E-state index contributed by atoms with van der Waals surface area (Å²) < 4.78 is 2.09. The van der Waals surface area contributed by atoms with Crippen molar-refractivity contribution in [3.05, 3.63) is 114 Å². The molecule has 9 rings (SSSR count). The fourth-order valence-electron chi connectivity index (χ4n) is 10.4. The van der Waals surface area contributed by atoms with Gasteiger partial charge in [-0.1, -0.05) is 82.7 Å². The monoisotopic (exact) mass is 1050 g/mol. The highest BCUT2D eigenvalue weighted by Crippen LogP contribution is 2.33. The van der Waals surface area contributed by atoms with Crippen LogP contribution >= 0.6 is 11.3 Å². The second kappa shape index (κ2) is 24.2. The number of benzene rings is 3. The van der Waals surface area contributed by atoms with Crippen LogP contribution in [-0.4, -0.2) is 138 Å². The lowest BCUT2D eigenvalue weighted by molar-refractivity contribution is -0.144. The number of piperazine rings is 1. The molecular formula is C57H71N13O5S. The SMILES string of the molecule is C=CC(=O)N1CC[C@H](n2c(Nc3ccccc3)nc3cnc(Nc4ccc(N5CCN(CCCCCCC(=O)N[C@H](C(=O)N6C[C@H](O)C[C@H]6C(=O)NCc6ccc(-c7scnc7C)cc6)C(C)(C)C)CC5)cc4)nc32)C1. The summed E-state index contributed by atoms with van der Waals surface area (Å²) >= 11 is 1.59. The van der Waals surface area contributed by atoms with E-state index in [2.05, 4.69) is 76.4 Å². The van der Waals surface area contributed by atoms with E-state index < -0.39 is 23.6 Å². The minimum absolute atomic E-state index is 0.0277. The Bertz CT molecular complexity index is 2970. The number of carbonyl (C=O) groups excluding carboxylic acids is 4. The third kappa shape index (κ3) is 13.1. The number of amides is 4. The number of aliphatic hydroxyl groups is 1. The number of likely N-dealkylation sites (tertiary alicyclic amines) is 2. The molecule has 3 fully saturated rings. The molecule has 0 spiro atoms. The Morgan fingerprint density at radius 2 is 1.59 bits per heavy atom. The number of nitrogens with one attached hydrogen (secondary N) is 4. The number of hydrogen-bond acceptors (Lipinski definition) is 14. The molecule has 3 aliphatic rings. The number of aryl methyl sites for hydroxylation is 1. The van der Waals surface area contributed by atoms with Crippen LogP contribution < -0.4 is 26.2 Å². The molecule has 0 bridgehead atoms. The first-order valence-electron chi connectivity index (χ1n) is 26.6. The number of aromatic nitrogens is 5. The van der Waals surface area contributed by atoms with E-state index in [-0.39, 0.29) is 49.2 Å². The Morgan fingerprint density at radius 1 is 0.855 bits per heavy atom. The summed E-state index contributed by atoms with van der Waals surface area (Å²) in [6, 6.07) is 24.5. The molecule has 400 valence electrons. The van der Waals surface area contributed by atoms with E-state index in [1.807, 2.05) is 87.8 Å². The van der Waals surface area contributed by atoms with Crippen LogP contribution in [0.3, 0.4) is 0 Å². The molecular weight excluding hydrogens is 979 g/mol. The number of hydrogen-bond donors (Lipinski definition) is 5. The van der Waals surface area contributed by atoms with E-state index in [1.54, 1.807) is 22.4 Å². The molecule has 76 heavy (non-hydrogen) atoms. The van der Waals surface area contributed by atoms with Gasteiger partial charge in [0.15, 0.2) is 5.65 Å². The normalized spacial score (nSPS) is 18.4. The topological polar surface area (TPSA) is 206 Å². The highest BCUT2D eigenvalue weighted by molar-refractivity contribution is 7.13. The van der Waals surface area contributed by atoms with Crippen molar-refractivity contribution < 1.29 is 24.3 Å². The predicted octanol–water partition coefficient (Wildman–Crippen LogP) is 7.59. The Kier molecular flexibility index (Phi) is 17.1. The molecule has 3 aliphatic heterocycles. The highest BCUT2D eigenvalue weighted by Gasteiger charge is 2.44. The summed E-state index contributed by atoms with van der Waals surface area (Å²) in [5.41, 5.74) is 8.43. The third-order valence-electron chi connectivity index (χ3n) is 14.7. The summed E-state index contributed by atoms with van der Waals surface area (Å²) in [5, 5.41) is 23.5. The Morgan fingerprint density at radius 3 is 2.30 bits per heavy atom. The van der Waals surface area contributed by atoms with Crippen molar-refractivity contribution in [1.29, 1.82) is 0 Å². The number of para-hydroxylation sites is 1. The van der Waals surface area contributed by atoms with Crippen LogP contribution in [0.4, 0.5) is 29.0 Å². The third-order valence-corrected chi connectivity index (χ3v) is 15.7. The van der Waals surface area contributed by atoms with Crippen molar-refractivity contribution in [2.45, 2.75) is 103 Å². The van der Waals surface area contributed by atoms with E-state index >= 15 is 0 Å². The Labute approximate surface area is 449 Å². The number of thiazole rings is 1. The van der Waals surface area contributed by atoms with Crippen LogP contribution in [-0.2, 0) is 25.7 Å². The highest BCUT2D eigenvalue weighted by atomic mass is 32.1. The van der Waals surface area contributed by atoms with Gasteiger partial charge in [-0.2, -0.15) is 4.98 Å². The molecule has 0 unspecified atom stereocenters. The number of anilines is 5. The maximum atomic E-state index is 14.1. The van der Waals surface area contributed by atoms with E-state index in [0.717, 1.165) is 97.2 Å². The quantitative estimate of drug-likeness (QED) is 0.0370. The minimum Gasteiger partial charge on any atom is -0.391 e.